The first kappa shape index (κ1) is 157. The Balaban J connectivity index is -0.0000000454. The lowest BCUT2D eigenvalue weighted by Crippen LogP contribution is -2.40. The van der Waals surface area contributed by atoms with Crippen LogP contribution >= 0.6 is 102 Å². The summed E-state index contributed by atoms with van der Waals surface area (Å²) >= 11 is 8.88. The predicted molar refractivity (Wildman–Crippen MR) is 500 cm³/mol. The van der Waals surface area contributed by atoms with Crippen LogP contribution in [0.2, 0.25) is 0 Å². The van der Waals surface area contributed by atoms with Gasteiger partial charge in [-0.3, -0.25) is 44.2 Å². The van der Waals surface area contributed by atoms with Gasteiger partial charge in [-0.2, -0.15) is 0 Å². The number of amides is 4. The molecule has 6 rings (SSSR count). The van der Waals surface area contributed by atoms with Gasteiger partial charge in [0, 0.05) is 44.0 Å². The quantitative estimate of drug-likeness (QED) is 0.0178. The van der Waals surface area contributed by atoms with Gasteiger partial charge in [0.05, 0.1) is 0 Å². The second-order valence-electron chi connectivity index (χ2n) is 21.5. The molecule has 17 N–H and O–H groups in total. The molecule has 0 unspecified atom stereocenters. The van der Waals surface area contributed by atoms with E-state index in [2.05, 4.69) is 60.6 Å². The maximum atomic E-state index is 11.3. The highest BCUT2D eigenvalue weighted by molar-refractivity contribution is 9.08. The van der Waals surface area contributed by atoms with Gasteiger partial charge in [-0.15, -0.1) is 86.0 Å². The van der Waals surface area contributed by atoms with E-state index >= 15 is 0 Å². The number of alkyl halides is 2. The van der Waals surface area contributed by atoms with Gasteiger partial charge >= 0.3 is 24.4 Å². The number of halogens is 8. The van der Waals surface area contributed by atoms with Crippen LogP contribution in [0.3, 0.4) is 0 Å². The maximum Gasteiger partial charge on any atom is 0.422 e. The van der Waals surface area contributed by atoms with Crippen LogP contribution in [0.15, 0.2) is 182 Å². The summed E-state index contributed by atoms with van der Waals surface area (Å²) in [6.45, 7) is 50.1. The minimum Gasteiger partial charge on any atom is -0.443 e. The second kappa shape index (κ2) is 114. The summed E-state index contributed by atoms with van der Waals surface area (Å²) in [7, 11) is 0. The summed E-state index contributed by atoms with van der Waals surface area (Å²) in [5.41, 5.74) is 24.7. The molecule has 0 aromatic heterocycles. The third kappa shape index (κ3) is 135. The molecule has 656 valence electrons. The summed E-state index contributed by atoms with van der Waals surface area (Å²) in [4.78, 5) is 43.2. The van der Waals surface area contributed by atoms with Crippen LogP contribution < -0.4 is 66.8 Å². The third-order valence-corrected chi connectivity index (χ3v) is 9.73. The highest BCUT2D eigenvalue weighted by atomic mass is 79.9. The Labute approximate surface area is 723 Å². The molecule has 29 heteroatoms. The Morgan fingerprint density at radius 2 is 0.500 bits per heavy atom. The molecule has 0 aliphatic heterocycles. The first-order valence-corrected chi connectivity index (χ1v) is 35.3. The van der Waals surface area contributed by atoms with Crippen LogP contribution in [0.25, 0.3) is 0 Å². The molecule has 6 aromatic rings. The zero-order valence-corrected chi connectivity index (χ0v) is 74.7. The van der Waals surface area contributed by atoms with E-state index in [4.69, 9.17) is 59.0 Å². The Bertz CT molecular complexity index is 2430. The molecule has 6 aromatic carbocycles. The molecule has 0 spiro atoms. The summed E-state index contributed by atoms with van der Waals surface area (Å²) in [6.07, 6.45) is -2.16. The van der Waals surface area contributed by atoms with E-state index in [1.54, 1.807) is 48.5 Å². The van der Waals surface area contributed by atoms with Crippen LogP contribution in [0, 0.1) is 0 Å². The Morgan fingerprint density at radius 1 is 0.336 bits per heavy atom. The average Bonchev–Trinajstić information content (AvgIpc) is 0.933. The standard InChI is InChI=1S/2C12H18N2O2.C7H7Br.C7H7Cl.2C7H10N2.2C5H12N2O2.C2H6O.6C2H6.5CH4.6ClH/c2*1-12(2,3)16-11(15)14-13-9-10-7-5-4-6-8-10;2*8-6-7-4-2-1-3-5-7;2*8-9-6-7-4-2-1-3-5-7;2*1-5(2,3)9-4(8)7-6;1-2-3;6*1-2;;;;;;;;;;;/h2*4-8,13H,9H2,1-3H3,(H,14,15);2*1-5H,6H2;2*1-5,9H,6,8H2;2*6H2,1-3H3,(H,7,8);3H,2H2,1H3;6*1-2H3;5*1H4;6*1H. The van der Waals surface area contributed by atoms with E-state index in [1.807, 2.05) is 305 Å². The van der Waals surface area contributed by atoms with Gasteiger partial charge in [0.2, 0.25) is 0 Å². The summed E-state index contributed by atoms with van der Waals surface area (Å²) in [5.74, 6) is 20.3. The molecule has 0 saturated heterocycles. The van der Waals surface area contributed by atoms with E-state index in [1.165, 1.54) is 22.3 Å². The lowest BCUT2D eigenvalue weighted by molar-refractivity contribution is 0.0485. The van der Waals surface area contributed by atoms with Gasteiger partial charge in [-0.1, -0.05) is 318 Å². The van der Waals surface area contributed by atoms with Gasteiger partial charge < -0.3 is 24.1 Å². The molecule has 0 saturated carbocycles. The number of rotatable bonds is 12. The summed E-state index contributed by atoms with van der Waals surface area (Å²) in [6, 6.07) is 59.9. The summed E-state index contributed by atoms with van der Waals surface area (Å²) < 4.78 is 19.5. The number of nitrogens with two attached hydrogens (primary N) is 4. The van der Waals surface area contributed by atoms with Crippen molar-refractivity contribution in [3.63, 3.8) is 0 Å². The van der Waals surface area contributed by atoms with E-state index in [-0.39, 0.29) is 118 Å². The number of hydrazine groups is 6. The Kier molecular flexibility index (Phi) is 163. The number of benzene rings is 6. The monoisotopic (exact) mass is 1770 g/mol. The number of hydrogen-bond acceptors (Lipinski definition) is 17. The van der Waals surface area contributed by atoms with Crippen molar-refractivity contribution in [2.45, 2.75) is 270 Å². The van der Waals surface area contributed by atoms with Crippen LogP contribution in [-0.2, 0) is 56.3 Å². The number of aliphatic hydroxyl groups excluding tert-OH is 1. The van der Waals surface area contributed by atoms with E-state index in [9.17, 15) is 19.2 Å². The highest BCUT2D eigenvalue weighted by Gasteiger charge is 2.17. The topological polar surface area (TPSA) is 326 Å². The SMILES string of the molecule is BrCc1ccccc1.C.C.C.C.C.CC.CC.CC.CC.CC.CC.CC(C)(C)OC(=O)NN.CC(C)(C)OC(=O)NN.CC(C)(C)OC(=O)NNCc1ccccc1.CC(C)(C)OC(=O)NNCc1ccccc1.CCO.Cl.Cl.Cl.Cl.Cl.Cl.ClCc1ccccc1.NNCc1ccccc1.NNCc1ccccc1. The Morgan fingerprint density at radius 3 is 0.627 bits per heavy atom. The number of hydrogen-bond donors (Lipinski definition) is 13. The van der Waals surface area contributed by atoms with Crippen LogP contribution in [0.5, 0.6) is 0 Å². The fourth-order valence-corrected chi connectivity index (χ4v) is 5.96. The van der Waals surface area contributed by atoms with E-state index < -0.39 is 46.8 Å². The zero-order valence-electron chi connectivity index (χ0n) is 67.5. The van der Waals surface area contributed by atoms with Gasteiger partial charge in [0.1, 0.15) is 22.4 Å². The molecule has 0 radical (unpaired) electrons. The van der Waals surface area contributed by atoms with Crippen molar-refractivity contribution in [1.82, 2.24) is 43.4 Å². The number of ether oxygens (including phenoxy) is 4. The molecule has 0 aliphatic carbocycles. The normalized spacial score (nSPS) is 8.29. The fourth-order valence-electron chi connectivity index (χ4n) is 5.41. The zero-order chi connectivity index (χ0) is 78.4. The van der Waals surface area contributed by atoms with Crippen LogP contribution in [-0.4, -0.2) is 58.5 Å². The van der Waals surface area contributed by atoms with E-state index in [0.717, 1.165) is 29.5 Å². The largest absolute Gasteiger partial charge is 0.443 e. The molecule has 21 nitrogen and oxygen atoms in total. The molecule has 0 atom stereocenters. The molecule has 0 aliphatic rings. The number of carbonyl (C=O) groups excluding carboxylic acids is 4. The van der Waals surface area contributed by atoms with Crippen LogP contribution in [0.1, 0.15) is 244 Å². The first-order chi connectivity index (χ1) is 47.0. The smallest absolute Gasteiger partial charge is 0.422 e. The highest BCUT2D eigenvalue weighted by Crippen LogP contribution is 2.09. The van der Waals surface area contributed by atoms with Crippen molar-refractivity contribution in [2.24, 2.45) is 23.4 Å². The minimum atomic E-state index is -0.609. The molecule has 0 bridgehead atoms. The molecule has 0 heterocycles. The molecule has 0 fully saturated rings. The fraction of sp³-hybridized carbons (Fsp3) is 0.506. The lowest BCUT2D eigenvalue weighted by atomic mass is 10.2. The second-order valence-corrected chi connectivity index (χ2v) is 22.3. The Hall–Kier alpha value is -5.45. The van der Waals surface area contributed by atoms with Gasteiger partial charge in [0.25, 0.3) is 0 Å². The van der Waals surface area contributed by atoms with Gasteiger partial charge in [-0.05, 0) is 123 Å². The van der Waals surface area contributed by atoms with Crippen molar-refractivity contribution < 1.29 is 43.2 Å². The van der Waals surface area contributed by atoms with Crippen molar-refractivity contribution >= 4 is 126 Å². The molecular formula is C81H162BrCl7N12O9. The lowest BCUT2D eigenvalue weighted by Gasteiger charge is -2.19. The van der Waals surface area contributed by atoms with Crippen molar-refractivity contribution in [2.75, 3.05) is 6.61 Å². The first-order valence-electron chi connectivity index (χ1n) is 33.7. The van der Waals surface area contributed by atoms with Crippen molar-refractivity contribution in [1.29, 1.82) is 0 Å². The van der Waals surface area contributed by atoms with Crippen molar-refractivity contribution in [3.8, 4) is 0 Å². The van der Waals surface area contributed by atoms with Crippen LogP contribution in [0.4, 0.5) is 19.2 Å². The van der Waals surface area contributed by atoms with Gasteiger partial charge in [-0.25, -0.2) is 41.7 Å². The number of nitrogens with one attached hydrogen (secondary N) is 8. The van der Waals surface area contributed by atoms with Gasteiger partial charge in [0.15, 0.2) is 0 Å². The molecule has 4 amide bonds. The number of aliphatic hydroxyl groups is 1. The van der Waals surface area contributed by atoms with E-state index in [0.29, 0.717) is 19.0 Å². The molecule has 110 heavy (non-hydrogen) atoms. The molecular weight excluding hydrogens is 1610 g/mol. The maximum absolute atomic E-state index is 11.3. The predicted octanol–water partition coefficient (Wildman–Crippen LogP) is 23.4. The number of carbonyl (C=O) groups is 4. The average molecular weight is 1780 g/mol. The minimum absolute atomic E-state index is 0. The van der Waals surface area contributed by atoms with Crippen molar-refractivity contribution in [3.05, 3.63) is 215 Å². The summed E-state index contributed by atoms with van der Waals surface area (Å²) in [5, 5.41) is 8.52. The third-order valence-electron chi connectivity index (χ3n) is 8.78.